The molecule has 1 atom stereocenters. The maximum absolute atomic E-state index is 12.3. The molecule has 0 aromatic heterocycles. The lowest BCUT2D eigenvalue weighted by atomic mass is 10.1. The van der Waals surface area contributed by atoms with Gasteiger partial charge in [-0.3, -0.25) is 9.59 Å². The molecular formula is C15H27N3O2S. The third kappa shape index (κ3) is 4.61. The molecule has 0 aliphatic carbocycles. The van der Waals surface area contributed by atoms with E-state index in [9.17, 15) is 9.59 Å². The number of nitrogens with zero attached hydrogens (tertiary/aromatic N) is 2. The molecular weight excluding hydrogens is 286 g/mol. The summed E-state index contributed by atoms with van der Waals surface area (Å²) in [5.41, 5.74) is 0. The number of amides is 2. The van der Waals surface area contributed by atoms with Gasteiger partial charge in [0, 0.05) is 24.8 Å². The summed E-state index contributed by atoms with van der Waals surface area (Å²) in [5.74, 6) is 1.39. The first-order valence-electron chi connectivity index (χ1n) is 7.98. The fourth-order valence-corrected chi connectivity index (χ4v) is 4.01. The zero-order valence-electron chi connectivity index (χ0n) is 13.1. The fourth-order valence-electron chi connectivity index (χ4n) is 2.85. The molecule has 2 aliphatic heterocycles. The molecule has 0 bridgehead atoms. The van der Waals surface area contributed by atoms with Crippen molar-refractivity contribution in [2.45, 2.75) is 39.2 Å². The molecule has 0 spiro atoms. The van der Waals surface area contributed by atoms with E-state index in [4.69, 9.17) is 0 Å². The van der Waals surface area contributed by atoms with Gasteiger partial charge >= 0.3 is 0 Å². The Morgan fingerprint density at radius 1 is 1.24 bits per heavy atom. The normalized spacial score (nSPS) is 23.6. The number of piperidine rings is 1. The van der Waals surface area contributed by atoms with Crippen LogP contribution in [0, 0.1) is 5.92 Å². The minimum Gasteiger partial charge on any atom is -0.353 e. The van der Waals surface area contributed by atoms with Gasteiger partial charge in [0.1, 0.15) is 6.04 Å². The first-order chi connectivity index (χ1) is 10.1. The Kier molecular flexibility index (Phi) is 6.36. The standard InChI is InChI=1S/C15H27N3O2S/c1-12(2)15(20)18-11-21-10-13(18)14(19)16-6-9-17-7-4-3-5-8-17/h12-13H,3-11H2,1-2H3,(H,16,19). The molecule has 2 amide bonds. The van der Waals surface area contributed by atoms with Crippen LogP contribution in [0.5, 0.6) is 0 Å². The van der Waals surface area contributed by atoms with Crippen LogP contribution in [0.1, 0.15) is 33.1 Å². The summed E-state index contributed by atoms with van der Waals surface area (Å²) in [4.78, 5) is 28.5. The molecule has 2 saturated heterocycles. The van der Waals surface area contributed by atoms with E-state index in [0.29, 0.717) is 18.2 Å². The van der Waals surface area contributed by atoms with Crippen LogP contribution < -0.4 is 5.32 Å². The van der Waals surface area contributed by atoms with Gasteiger partial charge in [-0.05, 0) is 25.9 Å². The predicted octanol–water partition coefficient (Wildman–Crippen LogP) is 1.15. The molecule has 2 heterocycles. The van der Waals surface area contributed by atoms with Crippen molar-refractivity contribution in [3.05, 3.63) is 0 Å². The highest BCUT2D eigenvalue weighted by atomic mass is 32.2. The summed E-state index contributed by atoms with van der Waals surface area (Å²) >= 11 is 1.66. The van der Waals surface area contributed by atoms with Crippen LogP contribution in [0.15, 0.2) is 0 Å². The zero-order valence-corrected chi connectivity index (χ0v) is 14.0. The van der Waals surface area contributed by atoms with Crippen LogP contribution in [0.2, 0.25) is 0 Å². The predicted molar refractivity (Wildman–Crippen MR) is 86.1 cm³/mol. The SMILES string of the molecule is CC(C)C(=O)N1CSCC1C(=O)NCCN1CCCCC1. The van der Waals surface area contributed by atoms with Crippen molar-refractivity contribution in [1.82, 2.24) is 15.1 Å². The molecule has 120 valence electrons. The van der Waals surface area contributed by atoms with Crippen LogP contribution in [-0.2, 0) is 9.59 Å². The summed E-state index contributed by atoms with van der Waals surface area (Å²) in [5, 5.41) is 3.01. The van der Waals surface area contributed by atoms with Crippen molar-refractivity contribution in [2.24, 2.45) is 5.92 Å². The van der Waals surface area contributed by atoms with Crippen molar-refractivity contribution in [1.29, 1.82) is 0 Å². The van der Waals surface area contributed by atoms with E-state index in [2.05, 4.69) is 10.2 Å². The van der Waals surface area contributed by atoms with Crippen LogP contribution in [0.3, 0.4) is 0 Å². The van der Waals surface area contributed by atoms with E-state index in [1.807, 2.05) is 13.8 Å². The van der Waals surface area contributed by atoms with Gasteiger partial charge in [-0.15, -0.1) is 11.8 Å². The fraction of sp³-hybridized carbons (Fsp3) is 0.867. The third-order valence-electron chi connectivity index (χ3n) is 4.14. The zero-order chi connectivity index (χ0) is 15.2. The van der Waals surface area contributed by atoms with E-state index in [0.717, 1.165) is 19.6 Å². The quantitative estimate of drug-likeness (QED) is 0.827. The molecule has 1 N–H and O–H groups in total. The summed E-state index contributed by atoms with van der Waals surface area (Å²) in [7, 11) is 0. The van der Waals surface area contributed by atoms with Crippen molar-refractivity contribution < 1.29 is 9.59 Å². The van der Waals surface area contributed by atoms with Crippen molar-refractivity contribution >= 4 is 23.6 Å². The van der Waals surface area contributed by atoms with Crippen LogP contribution in [-0.4, -0.2) is 65.5 Å². The van der Waals surface area contributed by atoms with Gasteiger partial charge in [0.25, 0.3) is 0 Å². The van der Waals surface area contributed by atoms with E-state index >= 15 is 0 Å². The van der Waals surface area contributed by atoms with Crippen LogP contribution in [0.4, 0.5) is 0 Å². The third-order valence-corrected chi connectivity index (χ3v) is 5.15. The Morgan fingerprint density at radius 2 is 1.95 bits per heavy atom. The summed E-state index contributed by atoms with van der Waals surface area (Å²) in [6.45, 7) is 7.67. The lowest BCUT2D eigenvalue weighted by Crippen LogP contribution is -2.49. The monoisotopic (exact) mass is 313 g/mol. The average molecular weight is 313 g/mol. The highest BCUT2D eigenvalue weighted by Crippen LogP contribution is 2.22. The second-order valence-electron chi connectivity index (χ2n) is 6.17. The van der Waals surface area contributed by atoms with Crippen molar-refractivity contribution in [3.63, 3.8) is 0 Å². The second kappa shape index (κ2) is 8.03. The number of hydrogen-bond donors (Lipinski definition) is 1. The largest absolute Gasteiger partial charge is 0.353 e. The molecule has 2 fully saturated rings. The molecule has 0 aromatic carbocycles. The summed E-state index contributed by atoms with van der Waals surface area (Å²) in [6.07, 6.45) is 3.86. The number of carbonyl (C=O) groups excluding carboxylic acids is 2. The lowest BCUT2D eigenvalue weighted by molar-refractivity contribution is -0.140. The number of thioether (sulfide) groups is 1. The van der Waals surface area contributed by atoms with E-state index in [1.54, 1.807) is 16.7 Å². The molecule has 0 radical (unpaired) electrons. The molecule has 1 unspecified atom stereocenters. The maximum atomic E-state index is 12.3. The van der Waals surface area contributed by atoms with Gasteiger partial charge in [0.2, 0.25) is 11.8 Å². The molecule has 5 nitrogen and oxygen atoms in total. The van der Waals surface area contributed by atoms with Gasteiger partial charge in [-0.25, -0.2) is 0 Å². The highest BCUT2D eigenvalue weighted by Gasteiger charge is 2.35. The molecule has 2 aliphatic rings. The smallest absolute Gasteiger partial charge is 0.243 e. The van der Waals surface area contributed by atoms with E-state index in [-0.39, 0.29) is 23.8 Å². The second-order valence-corrected chi connectivity index (χ2v) is 7.17. The van der Waals surface area contributed by atoms with Crippen LogP contribution >= 0.6 is 11.8 Å². The number of likely N-dealkylation sites (tertiary alicyclic amines) is 1. The Bertz CT molecular complexity index is 370. The van der Waals surface area contributed by atoms with Gasteiger partial charge in [0.15, 0.2) is 0 Å². The van der Waals surface area contributed by atoms with Crippen LogP contribution in [0.25, 0.3) is 0 Å². The Labute approximate surface area is 131 Å². The van der Waals surface area contributed by atoms with Crippen molar-refractivity contribution in [3.8, 4) is 0 Å². The highest BCUT2D eigenvalue weighted by molar-refractivity contribution is 7.99. The number of rotatable bonds is 5. The van der Waals surface area contributed by atoms with E-state index in [1.165, 1.54) is 19.3 Å². The summed E-state index contributed by atoms with van der Waals surface area (Å²) < 4.78 is 0. The number of hydrogen-bond acceptors (Lipinski definition) is 4. The maximum Gasteiger partial charge on any atom is 0.243 e. The average Bonchev–Trinajstić information content (AvgIpc) is 2.96. The van der Waals surface area contributed by atoms with Gasteiger partial charge in [0.05, 0.1) is 5.88 Å². The van der Waals surface area contributed by atoms with E-state index < -0.39 is 0 Å². The molecule has 6 heteroatoms. The Morgan fingerprint density at radius 3 is 2.62 bits per heavy atom. The molecule has 0 aromatic rings. The first kappa shape index (κ1) is 16.6. The summed E-state index contributed by atoms with van der Waals surface area (Å²) in [6, 6.07) is -0.286. The Balaban J connectivity index is 1.75. The first-order valence-corrected chi connectivity index (χ1v) is 9.13. The lowest BCUT2D eigenvalue weighted by Gasteiger charge is -2.27. The number of nitrogens with one attached hydrogen (secondary N) is 1. The van der Waals surface area contributed by atoms with Crippen molar-refractivity contribution in [2.75, 3.05) is 37.8 Å². The van der Waals surface area contributed by atoms with Gasteiger partial charge in [-0.1, -0.05) is 20.3 Å². The number of carbonyl (C=O) groups is 2. The molecule has 0 saturated carbocycles. The van der Waals surface area contributed by atoms with Gasteiger partial charge < -0.3 is 15.1 Å². The molecule has 21 heavy (non-hydrogen) atoms. The van der Waals surface area contributed by atoms with Gasteiger partial charge in [-0.2, -0.15) is 0 Å². The minimum atomic E-state index is -0.286. The Hall–Kier alpha value is -0.750. The topological polar surface area (TPSA) is 52.7 Å². The minimum absolute atomic E-state index is 0.00556. The molecule has 2 rings (SSSR count).